The van der Waals surface area contributed by atoms with E-state index in [1.54, 1.807) is 19.5 Å². The van der Waals surface area contributed by atoms with Crippen molar-refractivity contribution in [3.05, 3.63) is 48.8 Å². The predicted octanol–water partition coefficient (Wildman–Crippen LogP) is 5.61. The molecule has 6 heteroatoms. The second-order valence-electron chi connectivity index (χ2n) is 6.75. The Morgan fingerprint density at radius 2 is 2.07 bits per heavy atom. The van der Waals surface area contributed by atoms with Crippen LogP contribution in [0.3, 0.4) is 0 Å². The number of benzene rings is 2. The quantitative estimate of drug-likeness (QED) is 0.316. The van der Waals surface area contributed by atoms with Crippen molar-refractivity contribution in [2.24, 2.45) is 0 Å². The number of rotatable bonds is 7. The highest BCUT2D eigenvalue weighted by molar-refractivity contribution is 7.80. The molecule has 0 bridgehead atoms. The van der Waals surface area contributed by atoms with E-state index in [1.165, 1.54) is 0 Å². The molecule has 1 atom stereocenters. The summed E-state index contributed by atoms with van der Waals surface area (Å²) in [5.74, 6) is 2.38. The van der Waals surface area contributed by atoms with Crippen LogP contribution in [0.15, 0.2) is 48.8 Å². The van der Waals surface area contributed by atoms with Crippen LogP contribution in [0, 0.1) is 0 Å². The molecule has 2 aromatic carbocycles. The minimum atomic E-state index is -0.106. The van der Waals surface area contributed by atoms with Crippen molar-refractivity contribution in [3.8, 4) is 22.9 Å². The van der Waals surface area contributed by atoms with Gasteiger partial charge in [0.05, 0.1) is 18.8 Å². The Labute approximate surface area is 169 Å². The molecular weight excluding hydrogens is 370 g/mol. The van der Waals surface area contributed by atoms with Gasteiger partial charge >= 0.3 is 0 Å². The maximum atomic E-state index is 5.98. The summed E-state index contributed by atoms with van der Waals surface area (Å²) in [5.41, 5.74) is 2.63. The zero-order chi connectivity index (χ0) is 19.5. The molecule has 144 valence electrons. The lowest BCUT2D eigenvalue weighted by Gasteiger charge is -2.15. The summed E-state index contributed by atoms with van der Waals surface area (Å²) in [4.78, 5) is 12.1. The van der Waals surface area contributed by atoms with E-state index >= 15 is 0 Å². The minimum absolute atomic E-state index is 0.106. The van der Waals surface area contributed by atoms with Crippen LogP contribution in [0.4, 0.5) is 0 Å². The number of hydrogen-bond donors (Lipinski definition) is 2. The Kier molecular flexibility index (Phi) is 5.39. The summed E-state index contributed by atoms with van der Waals surface area (Å²) in [7, 11) is 1.68. The van der Waals surface area contributed by atoms with Crippen LogP contribution >= 0.6 is 12.6 Å². The number of aromatic amines is 1. The second kappa shape index (κ2) is 8.10. The van der Waals surface area contributed by atoms with Gasteiger partial charge in [0.15, 0.2) is 0 Å². The number of nitrogens with zero attached hydrogens (tertiary/aromatic N) is 2. The predicted molar refractivity (Wildman–Crippen MR) is 116 cm³/mol. The molecule has 5 nitrogen and oxygen atoms in total. The van der Waals surface area contributed by atoms with Crippen molar-refractivity contribution in [3.63, 3.8) is 0 Å². The molecule has 0 aliphatic rings. The van der Waals surface area contributed by atoms with Gasteiger partial charge in [0.2, 0.25) is 0 Å². The maximum Gasteiger partial charge on any atom is 0.141 e. The summed E-state index contributed by atoms with van der Waals surface area (Å²) in [6, 6.07) is 12.0. The first kappa shape index (κ1) is 18.6. The van der Waals surface area contributed by atoms with Gasteiger partial charge in [-0.05, 0) is 54.6 Å². The van der Waals surface area contributed by atoms with Crippen LogP contribution in [0.1, 0.15) is 26.2 Å². The topological polar surface area (TPSA) is 60.0 Å². The highest BCUT2D eigenvalue weighted by Gasteiger charge is 2.12. The van der Waals surface area contributed by atoms with Gasteiger partial charge in [-0.1, -0.05) is 13.3 Å². The van der Waals surface area contributed by atoms with Crippen LogP contribution < -0.4 is 9.47 Å². The smallest absolute Gasteiger partial charge is 0.141 e. The van der Waals surface area contributed by atoms with Gasteiger partial charge in [-0.2, -0.15) is 0 Å². The van der Waals surface area contributed by atoms with Crippen LogP contribution in [0.2, 0.25) is 0 Å². The van der Waals surface area contributed by atoms with E-state index in [2.05, 4.69) is 40.6 Å². The van der Waals surface area contributed by atoms with Crippen molar-refractivity contribution in [1.82, 2.24) is 15.0 Å². The standard InChI is InChI=1S/C22H23N3O2S/c1-3-4-5-21(28)27-16-6-7-17-14(11-16)10-15(12-20(17)26-2)22-24-18-8-9-23-13-19(18)25-22/h6-13,21,28H,3-5H2,1-2H3,(H,24,25). The van der Waals surface area contributed by atoms with Crippen LogP contribution in [0.5, 0.6) is 11.5 Å². The number of unbranched alkanes of at least 4 members (excludes halogenated alkanes) is 1. The first-order valence-corrected chi connectivity index (χ1v) is 9.96. The summed E-state index contributed by atoms with van der Waals surface area (Å²) in [6.07, 6.45) is 6.66. The van der Waals surface area contributed by atoms with E-state index in [1.807, 2.05) is 30.3 Å². The Morgan fingerprint density at radius 3 is 2.86 bits per heavy atom. The SMILES string of the molecule is CCCCC(S)Oc1ccc2c(OC)cc(-c3nc4cnccc4[nH]3)cc2c1. The lowest BCUT2D eigenvalue weighted by molar-refractivity contribution is 0.275. The zero-order valence-electron chi connectivity index (χ0n) is 16.0. The number of hydrogen-bond acceptors (Lipinski definition) is 5. The average molecular weight is 394 g/mol. The molecule has 0 spiro atoms. The molecule has 4 aromatic rings. The Morgan fingerprint density at radius 1 is 1.18 bits per heavy atom. The van der Waals surface area contributed by atoms with Crippen molar-refractivity contribution in [1.29, 1.82) is 0 Å². The number of thiol groups is 1. The minimum Gasteiger partial charge on any atom is -0.496 e. The molecule has 0 fully saturated rings. The van der Waals surface area contributed by atoms with E-state index in [0.717, 1.165) is 64.0 Å². The molecule has 0 aliphatic carbocycles. The highest BCUT2D eigenvalue weighted by atomic mass is 32.1. The van der Waals surface area contributed by atoms with E-state index in [9.17, 15) is 0 Å². The van der Waals surface area contributed by atoms with E-state index in [-0.39, 0.29) is 5.44 Å². The van der Waals surface area contributed by atoms with Gasteiger partial charge < -0.3 is 14.5 Å². The number of methoxy groups -OCH3 is 1. The molecule has 28 heavy (non-hydrogen) atoms. The number of aromatic nitrogens is 3. The van der Waals surface area contributed by atoms with Crippen LogP contribution in [-0.2, 0) is 0 Å². The maximum absolute atomic E-state index is 5.98. The van der Waals surface area contributed by atoms with Gasteiger partial charge in [0.25, 0.3) is 0 Å². The van der Waals surface area contributed by atoms with Gasteiger partial charge in [-0.15, -0.1) is 12.6 Å². The number of pyridine rings is 1. The number of imidazole rings is 1. The monoisotopic (exact) mass is 393 g/mol. The summed E-state index contributed by atoms with van der Waals surface area (Å²) >= 11 is 4.55. The van der Waals surface area contributed by atoms with Crippen LogP contribution in [0.25, 0.3) is 33.2 Å². The summed E-state index contributed by atoms with van der Waals surface area (Å²) in [5, 5.41) is 2.06. The molecule has 0 saturated carbocycles. The highest BCUT2D eigenvalue weighted by Crippen LogP contribution is 2.34. The Bertz CT molecular complexity index is 1080. The number of nitrogens with one attached hydrogen (secondary N) is 1. The fraction of sp³-hybridized carbons (Fsp3) is 0.273. The molecule has 4 rings (SSSR count). The lowest BCUT2D eigenvalue weighted by atomic mass is 10.0. The Hall–Kier alpha value is -2.73. The second-order valence-corrected chi connectivity index (χ2v) is 7.33. The summed E-state index contributed by atoms with van der Waals surface area (Å²) < 4.78 is 11.6. The van der Waals surface area contributed by atoms with Crippen molar-refractivity contribution in [2.45, 2.75) is 31.6 Å². The van der Waals surface area contributed by atoms with Crippen molar-refractivity contribution in [2.75, 3.05) is 7.11 Å². The van der Waals surface area contributed by atoms with Crippen molar-refractivity contribution >= 4 is 34.4 Å². The molecule has 2 aromatic heterocycles. The fourth-order valence-corrected chi connectivity index (χ4v) is 3.58. The molecule has 0 saturated heterocycles. The van der Waals surface area contributed by atoms with Gasteiger partial charge in [0.1, 0.15) is 28.3 Å². The first-order chi connectivity index (χ1) is 13.7. The zero-order valence-corrected chi connectivity index (χ0v) is 16.9. The van der Waals surface area contributed by atoms with E-state index in [0.29, 0.717) is 0 Å². The summed E-state index contributed by atoms with van der Waals surface area (Å²) in [6.45, 7) is 2.17. The molecule has 0 amide bonds. The van der Waals surface area contributed by atoms with Gasteiger partial charge in [-0.25, -0.2) is 4.98 Å². The molecule has 1 N–H and O–H groups in total. The molecule has 1 unspecified atom stereocenters. The first-order valence-electron chi connectivity index (χ1n) is 9.44. The number of H-pyrrole nitrogens is 1. The normalized spacial score (nSPS) is 12.4. The largest absolute Gasteiger partial charge is 0.496 e. The number of ether oxygens (including phenoxy) is 2. The fourth-order valence-electron chi connectivity index (χ4n) is 3.28. The third-order valence-corrected chi connectivity index (χ3v) is 5.11. The average Bonchev–Trinajstić information content (AvgIpc) is 3.15. The Balaban J connectivity index is 1.73. The van der Waals surface area contributed by atoms with Gasteiger partial charge in [0, 0.05) is 17.1 Å². The van der Waals surface area contributed by atoms with Gasteiger partial charge in [-0.3, -0.25) is 4.98 Å². The molecule has 0 aliphatic heterocycles. The van der Waals surface area contributed by atoms with Crippen molar-refractivity contribution < 1.29 is 9.47 Å². The van der Waals surface area contributed by atoms with E-state index < -0.39 is 0 Å². The lowest BCUT2D eigenvalue weighted by Crippen LogP contribution is -2.08. The molecular formula is C22H23N3O2S. The van der Waals surface area contributed by atoms with Crippen LogP contribution in [-0.4, -0.2) is 27.5 Å². The van der Waals surface area contributed by atoms with E-state index in [4.69, 9.17) is 9.47 Å². The molecule has 0 radical (unpaired) electrons. The third-order valence-electron chi connectivity index (χ3n) is 4.74. The number of fused-ring (bicyclic) bond motifs is 2. The third kappa shape index (κ3) is 3.78. The molecule has 2 heterocycles.